The first kappa shape index (κ1) is 28.9. The molecule has 0 rings (SSSR count). The molecule has 0 spiro atoms. The molecule has 0 amide bonds. The highest BCUT2D eigenvalue weighted by Gasteiger charge is 2.22. The molecule has 0 aromatic carbocycles. The van der Waals surface area contributed by atoms with Gasteiger partial charge in [-0.3, -0.25) is 4.55 Å². The third-order valence-electron chi connectivity index (χ3n) is 6.01. The van der Waals surface area contributed by atoms with E-state index in [2.05, 4.69) is 13.8 Å². The van der Waals surface area contributed by atoms with E-state index in [1.165, 1.54) is 64.2 Å². The van der Waals surface area contributed by atoms with Gasteiger partial charge in [-0.2, -0.15) is 8.42 Å². The van der Waals surface area contributed by atoms with Crippen LogP contribution in [-0.4, -0.2) is 29.4 Å². The van der Waals surface area contributed by atoms with E-state index in [1.54, 1.807) is 0 Å². The molecule has 0 aromatic rings. The van der Waals surface area contributed by atoms with Crippen molar-refractivity contribution in [3.8, 4) is 0 Å². The Morgan fingerprint density at radius 3 is 1.28 bits per heavy atom. The number of rotatable bonds is 22. The second-order valence-electron chi connectivity index (χ2n) is 8.90. The molecule has 2 atom stereocenters. The first-order valence-corrected chi connectivity index (χ1v) is 14.1. The van der Waals surface area contributed by atoms with Gasteiger partial charge in [0, 0.05) is 0 Å². The predicted molar refractivity (Wildman–Crippen MR) is 125 cm³/mol. The minimum absolute atomic E-state index is 0.266. The van der Waals surface area contributed by atoms with Gasteiger partial charge in [0.1, 0.15) is 0 Å². The van der Waals surface area contributed by atoms with Gasteiger partial charge in [-0.1, -0.05) is 117 Å². The molecule has 0 bridgehead atoms. The molecule has 2 unspecified atom stereocenters. The molecular formula is C24H50O4S. The molecule has 0 heterocycles. The van der Waals surface area contributed by atoms with Crippen LogP contribution in [0.25, 0.3) is 0 Å². The van der Waals surface area contributed by atoms with Gasteiger partial charge in [0.05, 0.1) is 11.4 Å². The minimum atomic E-state index is -3.96. The van der Waals surface area contributed by atoms with Gasteiger partial charge in [0.25, 0.3) is 10.1 Å². The van der Waals surface area contributed by atoms with Crippen LogP contribution in [0.5, 0.6) is 0 Å². The average molecular weight is 435 g/mol. The minimum Gasteiger partial charge on any atom is -0.393 e. The van der Waals surface area contributed by atoms with E-state index in [9.17, 15) is 18.1 Å². The van der Waals surface area contributed by atoms with E-state index in [4.69, 9.17) is 0 Å². The Balaban J connectivity index is 3.77. The van der Waals surface area contributed by atoms with E-state index >= 15 is 0 Å². The monoisotopic (exact) mass is 434 g/mol. The highest BCUT2D eigenvalue weighted by Crippen LogP contribution is 2.20. The smallest absolute Gasteiger partial charge is 0.267 e. The van der Waals surface area contributed by atoms with Gasteiger partial charge < -0.3 is 5.11 Å². The number of aliphatic hydroxyl groups excluding tert-OH is 1. The number of hydrogen-bond acceptors (Lipinski definition) is 3. The van der Waals surface area contributed by atoms with Crippen molar-refractivity contribution in [2.75, 3.05) is 0 Å². The van der Waals surface area contributed by atoms with Crippen molar-refractivity contribution in [2.45, 2.75) is 154 Å². The largest absolute Gasteiger partial charge is 0.393 e. The Hall–Kier alpha value is -0.130. The van der Waals surface area contributed by atoms with E-state index in [1.807, 2.05) is 0 Å². The van der Waals surface area contributed by atoms with E-state index in [0.717, 1.165) is 51.4 Å². The zero-order valence-electron chi connectivity index (χ0n) is 19.4. The average Bonchev–Trinajstić information content (AvgIpc) is 2.67. The van der Waals surface area contributed by atoms with Crippen molar-refractivity contribution in [1.82, 2.24) is 0 Å². The molecule has 0 saturated heterocycles. The van der Waals surface area contributed by atoms with E-state index < -0.39 is 15.4 Å². The van der Waals surface area contributed by atoms with Gasteiger partial charge in [-0.15, -0.1) is 0 Å². The summed E-state index contributed by atoms with van der Waals surface area (Å²) in [5.74, 6) is 0. The van der Waals surface area contributed by atoms with Crippen LogP contribution in [0.3, 0.4) is 0 Å². The Kier molecular flexibility index (Phi) is 19.7. The normalized spacial score (nSPS) is 14.2. The summed E-state index contributed by atoms with van der Waals surface area (Å²) < 4.78 is 32.8. The molecule has 2 N–H and O–H groups in total. The Morgan fingerprint density at radius 1 is 0.552 bits per heavy atom. The lowest BCUT2D eigenvalue weighted by atomic mass is 10.0. The van der Waals surface area contributed by atoms with E-state index in [-0.39, 0.29) is 6.10 Å². The van der Waals surface area contributed by atoms with Crippen molar-refractivity contribution in [1.29, 1.82) is 0 Å². The second-order valence-corrected chi connectivity index (χ2v) is 10.6. The van der Waals surface area contributed by atoms with Crippen LogP contribution in [-0.2, 0) is 10.1 Å². The van der Waals surface area contributed by atoms with Crippen LogP contribution < -0.4 is 0 Å². The fraction of sp³-hybridized carbons (Fsp3) is 1.00. The molecule has 0 aliphatic rings. The maximum absolute atomic E-state index is 11.6. The summed E-state index contributed by atoms with van der Waals surface area (Å²) in [6.07, 6.45) is 20.9. The molecule has 29 heavy (non-hydrogen) atoms. The fourth-order valence-electron chi connectivity index (χ4n) is 4.00. The van der Waals surface area contributed by atoms with Crippen LogP contribution >= 0.6 is 0 Å². The lowest BCUT2D eigenvalue weighted by Gasteiger charge is -2.15. The van der Waals surface area contributed by atoms with E-state index in [0.29, 0.717) is 12.8 Å². The van der Waals surface area contributed by atoms with Gasteiger partial charge in [-0.25, -0.2) is 0 Å². The summed E-state index contributed by atoms with van der Waals surface area (Å²) in [6.45, 7) is 4.43. The molecule has 0 radical (unpaired) electrons. The van der Waals surface area contributed by atoms with Crippen molar-refractivity contribution in [3.05, 3.63) is 0 Å². The van der Waals surface area contributed by atoms with Gasteiger partial charge in [-0.05, 0) is 25.7 Å². The predicted octanol–water partition coefficient (Wildman–Crippen LogP) is 7.45. The molecule has 5 heteroatoms. The summed E-state index contributed by atoms with van der Waals surface area (Å²) in [7, 11) is -3.96. The molecule has 0 aliphatic carbocycles. The Morgan fingerprint density at radius 2 is 0.862 bits per heavy atom. The fourth-order valence-corrected chi connectivity index (χ4v) is 4.93. The van der Waals surface area contributed by atoms with Crippen molar-refractivity contribution < 1.29 is 18.1 Å². The van der Waals surface area contributed by atoms with Crippen molar-refractivity contribution >= 4 is 10.1 Å². The highest BCUT2D eigenvalue weighted by molar-refractivity contribution is 7.86. The Bertz CT molecular complexity index is 436. The highest BCUT2D eigenvalue weighted by atomic mass is 32.2. The first-order valence-electron chi connectivity index (χ1n) is 12.6. The molecular weight excluding hydrogens is 384 g/mol. The van der Waals surface area contributed by atoms with Crippen LogP contribution in [0.4, 0.5) is 0 Å². The van der Waals surface area contributed by atoms with Crippen molar-refractivity contribution in [2.24, 2.45) is 0 Å². The first-order chi connectivity index (χ1) is 13.9. The van der Waals surface area contributed by atoms with Crippen LogP contribution in [0.15, 0.2) is 0 Å². The number of aliphatic hydroxyl groups is 1. The summed E-state index contributed by atoms with van der Waals surface area (Å²) >= 11 is 0. The number of hydrogen-bond donors (Lipinski definition) is 2. The van der Waals surface area contributed by atoms with Crippen LogP contribution in [0.2, 0.25) is 0 Å². The Labute approximate surface area is 182 Å². The second kappa shape index (κ2) is 19.8. The van der Waals surface area contributed by atoms with Crippen LogP contribution in [0, 0.1) is 0 Å². The van der Waals surface area contributed by atoms with Gasteiger partial charge in [0.2, 0.25) is 0 Å². The lowest BCUT2D eigenvalue weighted by Crippen LogP contribution is -2.20. The SMILES string of the molecule is CCCCCCCCCC(O)CCCCC(CCCCCCCCC)S(=O)(=O)O. The van der Waals surface area contributed by atoms with Gasteiger partial charge in [0.15, 0.2) is 0 Å². The third-order valence-corrected chi connectivity index (χ3v) is 7.32. The maximum Gasteiger partial charge on any atom is 0.267 e. The van der Waals surface area contributed by atoms with Crippen LogP contribution in [0.1, 0.15) is 142 Å². The lowest BCUT2D eigenvalue weighted by molar-refractivity contribution is 0.147. The standard InChI is InChI=1S/C24H50O4S/c1-3-5-7-9-11-13-15-19-23(25)20-17-18-22-24(29(26,27)28)21-16-14-12-10-8-6-4-2/h23-25H,3-22H2,1-2H3,(H,26,27,28). The molecule has 4 nitrogen and oxygen atoms in total. The van der Waals surface area contributed by atoms with Gasteiger partial charge >= 0.3 is 0 Å². The topological polar surface area (TPSA) is 74.6 Å². The molecule has 176 valence electrons. The zero-order chi connectivity index (χ0) is 21.8. The molecule has 0 aromatic heterocycles. The molecule has 0 saturated carbocycles. The van der Waals surface area contributed by atoms with Crippen molar-refractivity contribution in [3.63, 3.8) is 0 Å². The molecule has 0 fully saturated rings. The molecule has 0 aliphatic heterocycles. The summed E-state index contributed by atoms with van der Waals surface area (Å²) in [5.41, 5.74) is 0. The maximum atomic E-state index is 11.6. The summed E-state index contributed by atoms with van der Waals surface area (Å²) in [5, 5.41) is 9.48. The summed E-state index contributed by atoms with van der Waals surface area (Å²) in [4.78, 5) is 0. The quantitative estimate of drug-likeness (QED) is 0.137. The summed E-state index contributed by atoms with van der Waals surface area (Å²) in [6, 6.07) is 0. The zero-order valence-corrected chi connectivity index (χ0v) is 20.2. The number of unbranched alkanes of at least 4 members (excludes halogenated alkanes) is 13. The third kappa shape index (κ3) is 19.6.